The van der Waals surface area contributed by atoms with Gasteiger partial charge in [-0.2, -0.15) is 0 Å². The molecule has 2 aromatic carbocycles. The van der Waals surface area contributed by atoms with Gasteiger partial charge in [-0.3, -0.25) is 9.59 Å². The molecule has 0 aromatic heterocycles. The van der Waals surface area contributed by atoms with Crippen molar-refractivity contribution in [1.82, 2.24) is 9.62 Å². The van der Waals surface area contributed by atoms with Crippen molar-refractivity contribution in [3.8, 4) is 5.75 Å². The molecule has 0 aliphatic rings. The van der Waals surface area contributed by atoms with Crippen LogP contribution in [0.25, 0.3) is 6.08 Å². The molecule has 8 nitrogen and oxygen atoms in total. The Labute approximate surface area is 182 Å². The second kappa shape index (κ2) is 11.3. The Morgan fingerprint density at radius 2 is 1.81 bits per heavy atom. The molecule has 0 unspecified atom stereocenters. The van der Waals surface area contributed by atoms with E-state index in [1.807, 2.05) is 30.3 Å². The number of amides is 1. The fraction of sp³-hybridized carbons (Fsp3) is 0.273. The Balaban J connectivity index is 2.25. The molecule has 9 heteroatoms. The number of carbonyl (C=O) groups is 2. The number of ether oxygens (including phenoxy) is 2. The maximum atomic E-state index is 12.8. The van der Waals surface area contributed by atoms with E-state index in [1.54, 1.807) is 6.07 Å². The lowest BCUT2D eigenvalue weighted by atomic mass is 10.2. The predicted octanol–water partition coefficient (Wildman–Crippen LogP) is 2.21. The number of nitrogens with one attached hydrogen (secondary N) is 1. The SMILES string of the molecule is CNS(=O)(=O)c1cc(/C=C/C(=O)N(CCC(=O)OC)Cc2ccccc2)ccc1OC. The summed E-state index contributed by atoms with van der Waals surface area (Å²) < 4.78 is 36.5. The molecule has 166 valence electrons. The topological polar surface area (TPSA) is 102 Å². The van der Waals surface area contributed by atoms with Crippen LogP contribution in [0.1, 0.15) is 17.5 Å². The van der Waals surface area contributed by atoms with E-state index >= 15 is 0 Å². The Morgan fingerprint density at radius 1 is 1.10 bits per heavy atom. The van der Waals surface area contributed by atoms with E-state index in [0.717, 1.165) is 5.56 Å². The number of nitrogens with zero attached hydrogens (tertiary/aromatic N) is 1. The van der Waals surface area contributed by atoms with Crippen molar-refractivity contribution >= 4 is 28.0 Å². The highest BCUT2D eigenvalue weighted by Crippen LogP contribution is 2.25. The van der Waals surface area contributed by atoms with E-state index in [1.165, 1.54) is 50.5 Å². The van der Waals surface area contributed by atoms with Gasteiger partial charge < -0.3 is 14.4 Å². The summed E-state index contributed by atoms with van der Waals surface area (Å²) in [5, 5.41) is 0. The third kappa shape index (κ3) is 6.94. The third-order valence-electron chi connectivity index (χ3n) is 4.51. The third-order valence-corrected chi connectivity index (χ3v) is 5.94. The van der Waals surface area contributed by atoms with Crippen LogP contribution in [0.15, 0.2) is 59.5 Å². The fourth-order valence-electron chi connectivity index (χ4n) is 2.79. The molecule has 0 aliphatic carbocycles. The van der Waals surface area contributed by atoms with Crippen molar-refractivity contribution in [1.29, 1.82) is 0 Å². The first-order valence-electron chi connectivity index (χ1n) is 9.50. The van der Waals surface area contributed by atoms with Crippen LogP contribution < -0.4 is 9.46 Å². The Morgan fingerprint density at radius 3 is 2.42 bits per heavy atom. The minimum atomic E-state index is -3.74. The normalized spacial score (nSPS) is 11.3. The van der Waals surface area contributed by atoms with Crippen molar-refractivity contribution in [2.75, 3.05) is 27.8 Å². The fourth-order valence-corrected chi connectivity index (χ4v) is 3.72. The summed E-state index contributed by atoms with van der Waals surface area (Å²) in [6, 6.07) is 14.0. The highest BCUT2D eigenvalue weighted by Gasteiger charge is 2.18. The van der Waals surface area contributed by atoms with Gasteiger partial charge in [0.1, 0.15) is 10.6 Å². The zero-order valence-electron chi connectivity index (χ0n) is 17.7. The minimum Gasteiger partial charge on any atom is -0.495 e. The number of methoxy groups -OCH3 is 2. The van der Waals surface area contributed by atoms with Gasteiger partial charge in [-0.05, 0) is 36.4 Å². The first kappa shape index (κ1) is 24.1. The number of esters is 1. The molecule has 2 rings (SSSR count). The number of rotatable bonds is 10. The summed E-state index contributed by atoms with van der Waals surface area (Å²) in [4.78, 5) is 25.8. The van der Waals surface area contributed by atoms with Gasteiger partial charge in [-0.1, -0.05) is 36.4 Å². The molecule has 0 atom stereocenters. The highest BCUT2D eigenvalue weighted by atomic mass is 32.2. The van der Waals surface area contributed by atoms with E-state index in [0.29, 0.717) is 12.1 Å². The van der Waals surface area contributed by atoms with Crippen molar-refractivity contribution < 1.29 is 27.5 Å². The number of hydrogen-bond donors (Lipinski definition) is 1. The van der Waals surface area contributed by atoms with Crippen LogP contribution in [0.5, 0.6) is 5.75 Å². The number of sulfonamides is 1. The van der Waals surface area contributed by atoms with Crippen molar-refractivity contribution in [3.63, 3.8) is 0 Å². The Kier molecular flexibility index (Phi) is 8.77. The minimum absolute atomic E-state index is 0.0288. The number of carbonyl (C=O) groups excluding carboxylic acids is 2. The highest BCUT2D eigenvalue weighted by molar-refractivity contribution is 7.89. The smallest absolute Gasteiger partial charge is 0.307 e. The molecule has 0 saturated heterocycles. The Bertz CT molecular complexity index is 1040. The molecular weight excluding hydrogens is 420 g/mol. The largest absolute Gasteiger partial charge is 0.495 e. The summed E-state index contributed by atoms with van der Waals surface area (Å²) in [6.45, 7) is 0.510. The molecule has 1 amide bonds. The van der Waals surface area contributed by atoms with Crippen LogP contribution in [0, 0.1) is 0 Å². The maximum Gasteiger partial charge on any atom is 0.307 e. The molecule has 1 N–H and O–H groups in total. The molecule has 0 radical (unpaired) electrons. The molecule has 31 heavy (non-hydrogen) atoms. The lowest BCUT2D eigenvalue weighted by Gasteiger charge is -2.21. The average molecular weight is 447 g/mol. The zero-order chi connectivity index (χ0) is 22.9. The molecule has 0 bridgehead atoms. The van der Waals surface area contributed by atoms with Gasteiger partial charge in [-0.15, -0.1) is 0 Å². The summed E-state index contributed by atoms with van der Waals surface area (Å²) in [7, 11) is 0.252. The lowest BCUT2D eigenvalue weighted by molar-refractivity contribution is -0.141. The standard InChI is InChI=1S/C22H26N2O6S/c1-23-31(27,28)20-15-17(9-11-19(20)29-2)10-12-21(25)24(14-13-22(26)30-3)16-18-7-5-4-6-8-18/h4-12,15,23H,13-14,16H2,1-3H3/b12-10+. The summed E-state index contributed by atoms with van der Waals surface area (Å²) in [5.41, 5.74) is 1.43. The van der Waals surface area contributed by atoms with Crippen LogP contribution in [0.3, 0.4) is 0 Å². The van der Waals surface area contributed by atoms with Crippen LogP contribution in [0.4, 0.5) is 0 Å². The number of benzene rings is 2. The first-order chi connectivity index (χ1) is 14.8. The second-order valence-electron chi connectivity index (χ2n) is 6.52. The maximum absolute atomic E-state index is 12.8. The summed E-state index contributed by atoms with van der Waals surface area (Å²) in [5.74, 6) is -0.532. The van der Waals surface area contributed by atoms with Gasteiger partial charge in [0.25, 0.3) is 0 Å². The first-order valence-corrected chi connectivity index (χ1v) is 11.0. The van der Waals surface area contributed by atoms with Crippen LogP contribution in [-0.4, -0.2) is 53.0 Å². The lowest BCUT2D eigenvalue weighted by Crippen LogP contribution is -2.31. The second-order valence-corrected chi connectivity index (χ2v) is 8.38. The molecule has 0 spiro atoms. The quantitative estimate of drug-likeness (QED) is 0.444. The molecule has 0 aliphatic heterocycles. The van der Waals surface area contributed by atoms with Crippen molar-refractivity contribution in [3.05, 3.63) is 65.7 Å². The predicted molar refractivity (Wildman–Crippen MR) is 117 cm³/mol. The van der Waals surface area contributed by atoms with E-state index in [9.17, 15) is 18.0 Å². The summed E-state index contributed by atoms with van der Waals surface area (Å²) in [6.07, 6.45) is 2.93. The van der Waals surface area contributed by atoms with Gasteiger partial charge >= 0.3 is 5.97 Å². The Hall–Kier alpha value is -3.17. The average Bonchev–Trinajstić information content (AvgIpc) is 2.80. The van der Waals surface area contributed by atoms with Crippen molar-refractivity contribution in [2.24, 2.45) is 0 Å². The van der Waals surface area contributed by atoms with E-state index in [4.69, 9.17) is 4.74 Å². The van der Waals surface area contributed by atoms with Crippen molar-refractivity contribution in [2.45, 2.75) is 17.9 Å². The monoisotopic (exact) mass is 446 g/mol. The van der Waals surface area contributed by atoms with Gasteiger partial charge in [0, 0.05) is 19.2 Å². The van der Waals surface area contributed by atoms with E-state index in [2.05, 4.69) is 9.46 Å². The van der Waals surface area contributed by atoms with Gasteiger partial charge in [-0.25, -0.2) is 13.1 Å². The molecule has 0 fully saturated rings. The molecule has 0 saturated carbocycles. The molecular formula is C22H26N2O6S. The van der Waals surface area contributed by atoms with E-state index < -0.39 is 16.0 Å². The van der Waals surface area contributed by atoms with Gasteiger partial charge in [0.05, 0.1) is 20.6 Å². The zero-order valence-corrected chi connectivity index (χ0v) is 18.5. The molecule has 0 heterocycles. The van der Waals surface area contributed by atoms with Crippen LogP contribution >= 0.6 is 0 Å². The van der Waals surface area contributed by atoms with Gasteiger partial charge in [0.2, 0.25) is 15.9 Å². The van der Waals surface area contributed by atoms with Crippen LogP contribution in [-0.2, 0) is 30.9 Å². The van der Waals surface area contributed by atoms with Crippen LogP contribution in [0.2, 0.25) is 0 Å². The molecule has 2 aromatic rings. The summed E-state index contributed by atoms with van der Waals surface area (Å²) >= 11 is 0. The van der Waals surface area contributed by atoms with E-state index in [-0.39, 0.29) is 29.5 Å². The van der Waals surface area contributed by atoms with Gasteiger partial charge in [0.15, 0.2) is 0 Å². The number of hydrogen-bond acceptors (Lipinski definition) is 6.